The van der Waals surface area contributed by atoms with Crippen LogP contribution in [0.2, 0.25) is 5.02 Å². The summed E-state index contributed by atoms with van der Waals surface area (Å²) in [5, 5.41) is 3.37. The van der Waals surface area contributed by atoms with E-state index in [1.54, 1.807) is 19.1 Å². The van der Waals surface area contributed by atoms with Crippen molar-refractivity contribution in [3.05, 3.63) is 34.9 Å². The zero-order valence-corrected chi connectivity index (χ0v) is 13.8. The Hall–Kier alpha value is -0.620. The van der Waals surface area contributed by atoms with E-state index in [2.05, 4.69) is 10.0 Å². The second-order valence-corrected chi connectivity index (χ2v) is 7.81. The van der Waals surface area contributed by atoms with Gasteiger partial charge >= 0.3 is 0 Å². The number of benzene rings is 1. The molecule has 0 spiro atoms. The molecular weight excluding hydrogens is 296 g/mol. The van der Waals surface area contributed by atoms with Crippen LogP contribution in [0.15, 0.2) is 24.3 Å². The summed E-state index contributed by atoms with van der Waals surface area (Å²) in [6.07, 6.45) is 0.654. The van der Waals surface area contributed by atoms with Gasteiger partial charge in [-0.3, -0.25) is 0 Å². The molecule has 0 aliphatic carbocycles. The van der Waals surface area contributed by atoms with Crippen molar-refractivity contribution in [2.75, 3.05) is 13.1 Å². The number of rotatable bonds is 8. The van der Waals surface area contributed by atoms with Crippen LogP contribution in [0.3, 0.4) is 0 Å². The topological polar surface area (TPSA) is 58.2 Å². The summed E-state index contributed by atoms with van der Waals surface area (Å²) < 4.78 is 26.7. The van der Waals surface area contributed by atoms with Crippen LogP contribution >= 0.6 is 11.6 Å². The number of nitrogens with one attached hydrogen (secondary N) is 2. The van der Waals surface area contributed by atoms with E-state index >= 15 is 0 Å². The highest BCUT2D eigenvalue weighted by atomic mass is 35.5. The van der Waals surface area contributed by atoms with Crippen LogP contribution in [0.25, 0.3) is 0 Å². The molecule has 0 aliphatic rings. The Morgan fingerprint density at radius 3 is 2.30 bits per heavy atom. The minimum Gasteiger partial charge on any atom is -0.313 e. The average Bonchev–Trinajstić information content (AvgIpc) is 2.38. The highest BCUT2D eigenvalue weighted by Gasteiger charge is 2.19. The van der Waals surface area contributed by atoms with Crippen molar-refractivity contribution >= 4 is 21.6 Å². The van der Waals surface area contributed by atoms with Gasteiger partial charge < -0.3 is 5.32 Å². The fourth-order valence-corrected chi connectivity index (χ4v) is 2.76. The van der Waals surface area contributed by atoms with Crippen molar-refractivity contribution in [1.82, 2.24) is 10.0 Å². The monoisotopic (exact) mass is 318 g/mol. The highest BCUT2D eigenvalue weighted by molar-refractivity contribution is 7.90. The smallest absolute Gasteiger partial charge is 0.215 e. The Morgan fingerprint density at radius 2 is 1.75 bits per heavy atom. The molecule has 1 unspecified atom stereocenters. The average molecular weight is 319 g/mol. The van der Waals surface area contributed by atoms with E-state index in [1.165, 1.54) is 0 Å². The zero-order chi connectivity index (χ0) is 15.2. The van der Waals surface area contributed by atoms with Gasteiger partial charge in [-0.15, -0.1) is 0 Å². The lowest BCUT2D eigenvalue weighted by molar-refractivity contribution is 0.541. The Balaban J connectivity index is 2.41. The third-order valence-corrected chi connectivity index (χ3v) is 5.06. The molecular formula is C14H23ClN2O2S. The van der Waals surface area contributed by atoms with Gasteiger partial charge in [-0.1, -0.05) is 37.6 Å². The lowest BCUT2D eigenvalue weighted by Crippen LogP contribution is -2.41. The maximum Gasteiger partial charge on any atom is 0.215 e. The summed E-state index contributed by atoms with van der Waals surface area (Å²) in [4.78, 5) is 0. The zero-order valence-electron chi connectivity index (χ0n) is 12.2. The summed E-state index contributed by atoms with van der Waals surface area (Å²) in [7, 11) is -3.27. The molecule has 0 saturated heterocycles. The minimum absolute atomic E-state index is 0.279. The maximum absolute atomic E-state index is 12.0. The molecule has 114 valence electrons. The Morgan fingerprint density at radius 1 is 1.15 bits per heavy atom. The van der Waals surface area contributed by atoms with Crippen molar-refractivity contribution in [3.8, 4) is 0 Å². The van der Waals surface area contributed by atoms with E-state index in [0.29, 0.717) is 24.5 Å². The fourth-order valence-electron chi connectivity index (χ4n) is 1.64. The van der Waals surface area contributed by atoms with Gasteiger partial charge in [0.15, 0.2) is 0 Å². The molecule has 1 rings (SSSR count). The van der Waals surface area contributed by atoms with Crippen molar-refractivity contribution in [3.63, 3.8) is 0 Å². The number of hydrogen-bond donors (Lipinski definition) is 2. The first-order valence-electron chi connectivity index (χ1n) is 6.77. The standard InChI is InChI=1S/C14H23ClN2O2S/c1-11(2)16-10-12(3)20(18,19)17-9-8-13-4-6-14(15)7-5-13/h4-7,11-12,16-17H,8-10H2,1-3H3. The van der Waals surface area contributed by atoms with Crippen LogP contribution < -0.4 is 10.0 Å². The molecule has 1 aromatic rings. The van der Waals surface area contributed by atoms with Crippen LogP contribution in [0.5, 0.6) is 0 Å². The molecule has 0 aliphatic heterocycles. The molecule has 6 heteroatoms. The van der Waals surface area contributed by atoms with Crippen LogP contribution in [-0.2, 0) is 16.4 Å². The quantitative estimate of drug-likeness (QED) is 0.772. The van der Waals surface area contributed by atoms with Gasteiger partial charge in [0.05, 0.1) is 5.25 Å². The Labute approximate surface area is 127 Å². The van der Waals surface area contributed by atoms with E-state index < -0.39 is 15.3 Å². The van der Waals surface area contributed by atoms with Gasteiger partial charge in [0.1, 0.15) is 0 Å². The molecule has 0 amide bonds. The third kappa shape index (κ3) is 6.22. The maximum atomic E-state index is 12.0. The molecule has 1 atom stereocenters. The highest BCUT2D eigenvalue weighted by Crippen LogP contribution is 2.09. The third-order valence-electron chi connectivity index (χ3n) is 2.97. The van der Waals surface area contributed by atoms with Crippen LogP contribution in [-0.4, -0.2) is 32.8 Å². The molecule has 1 aromatic carbocycles. The Bertz CT molecular complexity index is 500. The molecule has 0 radical (unpaired) electrons. The largest absolute Gasteiger partial charge is 0.313 e. The number of hydrogen-bond acceptors (Lipinski definition) is 3. The second-order valence-electron chi connectivity index (χ2n) is 5.19. The summed E-state index contributed by atoms with van der Waals surface area (Å²) in [5.74, 6) is 0. The molecule has 2 N–H and O–H groups in total. The minimum atomic E-state index is -3.27. The molecule has 0 aromatic heterocycles. The van der Waals surface area contributed by atoms with Crippen molar-refractivity contribution in [1.29, 1.82) is 0 Å². The van der Waals surface area contributed by atoms with Gasteiger partial charge in [0, 0.05) is 24.2 Å². The number of sulfonamides is 1. The van der Waals surface area contributed by atoms with Crippen molar-refractivity contribution in [2.45, 2.75) is 38.5 Å². The van der Waals surface area contributed by atoms with E-state index in [9.17, 15) is 8.42 Å². The summed E-state index contributed by atoms with van der Waals surface area (Å²) in [6.45, 7) is 6.55. The van der Waals surface area contributed by atoms with Gasteiger partial charge in [-0.25, -0.2) is 13.1 Å². The van der Waals surface area contributed by atoms with Crippen molar-refractivity contribution in [2.24, 2.45) is 0 Å². The fraction of sp³-hybridized carbons (Fsp3) is 0.571. The SMILES string of the molecule is CC(C)NCC(C)S(=O)(=O)NCCc1ccc(Cl)cc1. The van der Waals surface area contributed by atoms with Crippen molar-refractivity contribution < 1.29 is 8.42 Å². The van der Waals surface area contributed by atoms with Crippen LogP contribution in [0.1, 0.15) is 26.3 Å². The molecule has 20 heavy (non-hydrogen) atoms. The Kier molecular flexibility index (Phi) is 6.95. The molecule has 4 nitrogen and oxygen atoms in total. The van der Waals surface area contributed by atoms with E-state index in [0.717, 1.165) is 5.56 Å². The normalized spacial score (nSPS) is 13.7. The van der Waals surface area contributed by atoms with Gasteiger partial charge in [-0.2, -0.15) is 0 Å². The first-order chi connectivity index (χ1) is 9.31. The molecule has 0 fully saturated rings. The molecule has 0 saturated carbocycles. The molecule has 0 bridgehead atoms. The summed E-state index contributed by atoms with van der Waals surface area (Å²) in [6, 6.07) is 7.70. The second kappa shape index (κ2) is 7.98. The van der Waals surface area contributed by atoms with Gasteiger partial charge in [0.2, 0.25) is 10.0 Å². The lowest BCUT2D eigenvalue weighted by Gasteiger charge is -2.16. The summed E-state index contributed by atoms with van der Waals surface area (Å²) >= 11 is 5.80. The predicted molar refractivity (Wildman–Crippen MR) is 84.7 cm³/mol. The van der Waals surface area contributed by atoms with Gasteiger partial charge in [0.25, 0.3) is 0 Å². The number of halogens is 1. The van der Waals surface area contributed by atoms with Crippen LogP contribution in [0.4, 0.5) is 0 Å². The van der Waals surface area contributed by atoms with E-state index in [-0.39, 0.29) is 6.04 Å². The summed E-state index contributed by atoms with van der Waals surface area (Å²) in [5.41, 5.74) is 1.06. The first-order valence-corrected chi connectivity index (χ1v) is 8.70. The predicted octanol–water partition coefficient (Wildman–Crippen LogP) is 2.19. The first kappa shape index (κ1) is 17.4. The van der Waals surface area contributed by atoms with E-state index in [4.69, 9.17) is 11.6 Å². The van der Waals surface area contributed by atoms with E-state index in [1.807, 2.05) is 26.0 Å². The van der Waals surface area contributed by atoms with Gasteiger partial charge in [-0.05, 0) is 31.0 Å². The molecule has 0 heterocycles. The lowest BCUT2D eigenvalue weighted by atomic mass is 10.2. The van der Waals surface area contributed by atoms with Crippen LogP contribution in [0, 0.1) is 0 Å².